The highest BCUT2D eigenvalue weighted by molar-refractivity contribution is 5.97. The van der Waals surface area contributed by atoms with Gasteiger partial charge in [0.15, 0.2) is 17.5 Å². The standard InChI is InChI=1S/C25H26N2O3/c1-18(27(2)17-19-12-13-23-24(16-19)30-15-14-29-23)25(28)26-22-11-7-6-10-21(22)20-8-4-3-5-9-20/h3-13,16,18H,14-15,17H2,1-2H3,(H,26,28)/p+1/t18-/m0/s1. The topological polar surface area (TPSA) is 52.0 Å². The van der Waals surface area contributed by atoms with Gasteiger partial charge in [0.2, 0.25) is 0 Å². The van der Waals surface area contributed by atoms with Crippen LogP contribution < -0.4 is 19.7 Å². The fourth-order valence-electron chi connectivity index (χ4n) is 3.60. The molecule has 5 heteroatoms. The van der Waals surface area contributed by atoms with E-state index in [1.807, 2.05) is 86.8 Å². The van der Waals surface area contributed by atoms with Crippen molar-refractivity contribution >= 4 is 11.6 Å². The van der Waals surface area contributed by atoms with Crippen LogP contribution in [0, 0.1) is 0 Å². The SMILES string of the molecule is C[C@@H](C(=O)Nc1ccccc1-c1ccccc1)[NH+](C)Cc1ccc2c(c1)OCCO2. The zero-order valence-corrected chi connectivity index (χ0v) is 17.4. The van der Waals surface area contributed by atoms with Crippen LogP contribution in [0.15, 0.2) is 72.8 Å². The Kier molecular flexibility index (Phi) is 6.00. The first-order valence-corrected chi connectivity index (χ1v) is 10.3. The van der Waals surface area contributed by atoms with E-state index >= 15 is 0 Å². The molecule has 0 aliphatic carbocycles. The molecular formula is C25H27N2O3+. The smallest absolute Gasteiger partial charge is 0.282 e. The number of carbonyl (C=O) groups excluding carboxylic acids is 1. The van der Waals surface area contributed by atoms with E-state index in [0.717, 1.165) is 38.8 Å². The van der Waals surface area contributed by atoms with E-state index in [-0.39, 0.29) is 11.9 Å². The summed E-state index contributed by atoms with van der Waals surface area (Å²) in [6, 6.07) is 23.8. The van der Waals surface area contributed by atoms with Crippen LogP contribution in [-0.2, 0) is 11.3 Å². The van der Waals surface area contributed by atoms with E-state index < -0.39 is 0 Å². The third-order valence-corrected chi connectivity index (χ3v) is 5.49. The molecule has 2 N–H and O–H groups in total. The quantitative estimate of drug-likeness (QED) is 0.665. The van der Waals surface area contributed by atoms with Crippen LogP contribution in [0.3, 0.4) is 0 Å². The number of amides is 1. The van der Waals surface area contributed by atoms with Crippen molar-refractivity contribution in [3.05, 3.63) is 78.4 Å². The molecule has 0 fully saturated rings. The third-order valence-electron chi connectivity index (χ3n) is 5.49. The number of ether oxygens (including phenoxy) is 2. The Morgan fingerprint density at radius 3 is 2.47 bits per heavy atom. The number of likely N-dealkylation sites (N-methyl/N-ethyl adjacent to an activating group) is 1. The maximum absolute atomic E-state index is 13.0. The van der Waals surface area contributed by atoms with Crippen LogP contribution in [0.1, 0.15) is 12.5 Å². The van der Waals surface area contributed by atoms with Gasteiger partial charge in [0, 0.05) is 16.8 Å². The van der Waals surface area contributed by atoms with E-state index in [1.54, 1.807) is 0 Å². The summed E-state index contributed by atoms with van der Waals surface area (Å²) >= 11 is 0. The maximum Gasteiger partial charge on any atom is 0.282 e. The lowest BCUT2D eigenvalue weighted by atomic mass is 10.0. The Balaban J connectivity index is 1.44. The Labute approximate surface area is 177 Å². The van der Waals surface area contributed by atoms with Crippen molar-refractivity contribution in [2.45, 2.75) is 19.5 Å². The summed E-state index contributed by atoms with van der Waals surface area (Å²) in [7, 11) is 2.03. The van der Waals surface area contributed by atoms with E-state index in [2.05, 4.69) is 5.32 Å². The maximum atomic E-state index is 13.0. The molecule has 1 aliphatic rings. The van der Waals surface area contributed by atoms with Gasteiger partial charge < -0.3 is 19.7 Å². The Morgan fingerprint density at radius 1 is 0.967 bits per heavy atom. The molecule has 1 unspecified atom stereocenters. The number of para-hydroxylation sites is 1. The fourth-order valence-corrected chi connectivity index (χ4v) is 3.60. The molecule has 3 aromatic rings. The number of benzene rings is 3. The summed E-state index contributed by atoms with van der Waals surface area (Å²) < 4.78 is 11.3. The third kappa shape index (κ3) is 4.47. The number of fused-ring (bicyclic) bond motifs is 1. The molecule has 0 bridgehead atoms. The Hall–Kier alpha value is -3.31. The predicted octanol–water partition coefficient (Wildman–Crippen LogP) is 3.17. The molecule has 0 saturated carbocycles. The van der Waals surface area contributed by atoms with Gasteiger partial charge in [-0.05, 0) is 36.8 Å². The first kappa shape index (κ1) is 20.0. The highest BCUT2D eigenvalue weighted by Crippen LogP contribution is 2.30. The molecule has 4 rings (SSSR count). The number of quaternary nitrogens is 1. The summed E-state index contributed by atoms with van der Waals surface area (Å²) in [4.78, 5) is 14.1. The van der Waals surface area contributed by atoms with Gasteiger partial charge in [0.1, 0.15) is 19.8 Å². The van der Waals surface area contributed by atoms with Gasteiger partial charge in [-0.1, -0.05) is 48.5 Å². The van der Waals surface area contributed by atoms with E-state index in [9.17, 15) is 4.79 Å². The number of hydrogen-bond acceptors (Lipinski definition) is 3. The summed E-state index contributed by atoms with van der Waals surface area (Å²) in [6.07, 6.45) is 0. The van der Waals surface area contributed by atoms with Gasteiger partial charge in [0.05, 0.1) is 7.05 Å². The molecule has 0 saturated heterocycles. The van der Waals surface area contributed by atoms with Gasteiger partial charge in [-0.15, -0.1) is 0 Å². The molecule has 30 heavy (non-hydrogen) atoms. The minimum absolute atomic E-state index is 0.00609. The first-order chi connectivity index (χ1) is 14.6. The summed E-state index contributed by atoms with van der Waals surface area (Å²) in [5, 5.41) is 3.12. The van der Waals surface area contributed by atoms with Crippen LogP contribution in [0.25, 0.3) is 11.1 Å². The molecule has 0 spiro atoms. The monoisotopic (exact) mass is 403 g/mol. The van der Waals surface area contributed by atoms with Gasteiger partial charge in [0.25, 0.3) is 5.91 Å². The van der Waals surface area contributed by atoms with Crippen molar-refractivity contribution in [2.24, 2.45) is 0 Å². The number of rotatable bonds is 6. The van der Waals surface area contributed by atoms with Crippen molar-refractivity contribution in [1.29, 1.82) is 0 Å². The normalized spacial score (nSPS) is 14.6. The number of nitrogens with one attached hydrogen (secondary N) is 2. The highest BCUT2D eigenvalue weighted by atomic mass is 16.6. The zero-order chi connectivity index (χ0) is 20.9. The van der Waals surface area contributed by atoms with Crippen molar-refractivity contribution in [3.8, 4) is 22.6 Å². The van der Waals surface area contributed by atoms with Gasteiger partial charge in [-0.2, -0.15) is 0 Å². The lowest BCUT2D eigenvalue weighted by molar-refractivity contribution is -0.907. The molecule has 1 heterocycles. The molecule has 0 aromatic heterocycles. The lowest BCUT2D eigenvalue weighted by Gasteiger charge is -2.23. The molecule has 3 aromatic carbocycles. The summed E-state index contributed by atoms with van der Waals surface area (Å²) in [6.45, 7) is 3.82. The number of anilines is 1. The second-order valence-electron chi connectivity index (χ2n) is 7.62. The van der Waals surface area contributed by atoms with Crippen molar-refractivity contribution < 1.29 is 19.2 Å². The van der Waals surface area contributed by atoms with Gasteiger partial charge in [-0.3, -0.25) is 4.79 Å². The average Bonchev–Trinajstić information content (AvgIpc) is 2.79. The summed E-state index contributed by atoms with van der Waals surface area (Å²) in [5.74, 6) is 1.56. The van der Waals surface area contributed by atoms with Crippen molar-refractivity contribution in [2.75, 3.05) is 25.6 Å². The van der Waals surface area contributed by atoms with Gasteiger partial charge >= 0.3 is 0 Å². The summed E-state index contributed by atoms with van der Waals surface area (Å²) in [5.41, 5.74) is 4.04. The van der Waals surface area contributed by atoms with Crippen molar-refractivity contribution in [1.82, 2.24) is 0 Å². The average molecular weight is 404 g/mol. The van der Waals surface area contributed by atoms with E-state index in [0.29, 0.717) is 19.8 Å². The predicted molar refractivity (Wildman–Crippen MR) is 118 cm³/mol. The van der Waals surface area contributed by atoms with Crippen LogP contribution in [-0.4, -0.2) is 32.2 Å². The Bertz CT molecular complexity index is 1020. The van der Waals surface area contributed by atoms with E-state index in [4.69, 9.17) is 9.47 Å². The first-order valence-electron chi connectivity index (χ1n) is 10.3. The second-order valence-corrected chi connectivity index (χ2v) is 7.62. The molecule has 5 nitrogen and oxygen atoms in total. The van der Waals surface area contributed by atoms with Crippen LogP contribution in [0.4, 0.5) is 5.69 Å². The minimum atomic E-state index is -0.220. The number of carbonyl (C=O) groups is 1. The lowest BCUT2D eigenvalue weighted by Crippen LogP contribution is -3.12. The van der Waals surface area contributed by atoms with Crippen molar-refractivity contribution in [3.63, 3.8) is 0 Å². The molecule has 2 atom stereocenters. The van der Waals surface area contributed by atoms with Gasteiger partial charge in [-0.25, -0.2) is 0 Å². The highest BCUT2D eigenvalue weighted by Gasteiger charge is 2.23. The minimum Gasteiger partial charge on any atom is -0.486 e. The van der Waals surface area contributed by atoms with E-state index in [1.165, 1.54) is 0 Å². The zero-order valence-electron chi connectivity index (χ0n) is 17.4. The van der Waals surface area contributed by atoms with Crippen LogP contribution in [0.2, 0.25) is 0 Å². The second kappa shape index (κ2) is 9.01. The fraction of sp³-hybridized carbons (Fsp3) is 0.240. The molecular weight excluding hydrogens is 376 g/mol. The number of hydrogen-bond donors (Lipinski definition) is 2. The van der Waals surface area contributed by atoms with Crippen LogP contribution in [0.5, 0.6) is 11.5 Å². The molecule has 154 valence electrons. The Morgan fingerprint density at radius 2 is 1.67 bits per heavy atom. The largest absolute Gasteiger partial charge is 0.486 e. The van der Waals surface area contributed by atoms with Crippen LogP contribution >= 0.6 is 0 Å². The molecule has 1 aliphatic heterocycles. The molecule has 0 radical (unpaired) electrons. The molecule has 1 amide bonds.